The Morgan fingerprint density at radius 2 is 2.19 bits per heavy atom. The molecule has 0 aliphatic carbocycles. The van der Waals surface area contributed by atoms with Gasteiger partial charge in [-0.1, -0.05) is 5.21 Å². The summed E-state index contributed by atoms with van der Waals surface area (Å²) in [6, 6.07) is 2.27. The van der Waals surface area contributed by atoms with Crippen molar-refractivity contribution < 1.29 is 4.79 Å². The van der Waals surface area contributed by atoms with E-state index in [9.17, 15) is 4.79 Å². The molecule has 0 saturated carbocycles. The van der Waals surface area contributed by atoms with E-state index in [0.717, 1.165) is 37.3 Å². The van der Waals surface area contributed by atoms with Crippen molar-refractivity contribution >= 4 is 5.78 Å². The van der Waals surface area contributed by atoms with Crippen molar-refractivity contribution in [2.24, 2.45) is 7.05 Å². The number of hydrogen-bond acceptors (Lipinski definition) is 5. The summed E-state index contributed by atoms with van der Waals surface area (Å²) in [4.78, 5) is 12.3. The maximum absolute atomic E-state index is 12.3. The topological polar surface area (TPSA) is 77.6 Å². The van der Waals surface area contributed by atoms with Crippen LogP contribution in [0, 0.1) is 6.92 Å². The largest absolute Gasteiger partial charge is 0.317 e. The predicted molar refractivity (Wildman–Crippen MR) is 77.1 cm³/mol. The van der Waals surface area contributed by atoms with Crippen LogP contribution in [-0.4, -0.2) is 43.6 Å². The van der Waals surface area contributed by atoms with Crippen LogP contribution in [0.4, 0.5) is 0 Å². The fraction of sp³-hybridized carbons (Fsp3) is 0.571. The maximum Gasteiger partial charge on any atom is 0.190 e. The van der Waals surface area contributed by atoms with Gasteiger partial charge in [-0.2, -0.15) is 5.10 Å². The molecule has 0 spiro atoms. The third-order valence-corrected chi connectivity index (χ3v) is 3.92. The number of aryl methyl sites for hydroxylation is 2. The standard InChI is InChI=1S/C14H20N6O/c1-10-7-12(19(2)17-10)8-14(21)13-9-20(18-16-13)11-3-5-15-6-4-11/h7,9,11,15H,3-6,8H2,1-2H3. The Bertz CT molecular complexity index is 638. The van der Waals surface area contributed by atoms with Crippen LogP contribution >= 0.6 is 0 Å². The number of ketones is 1. The SMILES string of the molecule is Cc1cc(CC(=O)c2cn(C3CCNCC3)nn2)n(C)n1. The van der Waals surface area contributed by atoms with Crippen LogP contribution in [-0.2, 0) is 13.5 Å². The summed E-state index contributed by atoms with van der Waals surface area (Å²) in [7, 11) is 1.85. The Balaban J connectivity index is 1.70. The van der Waals surface area contributed by atoms with E-state index in [2.05, 4.69) is 20.7 Å². The summed E-state index contributed by atoms with van der Waals surface area (Å²) in [5.41, 5.74) is 2.25. The third kappa shape index (κ3) is 3.02. The van der Waals surface area contributed by atoms with Crippen molar-refractivity contribution in [1.29, 1.82) is 0 Å². The molecule has 2 aromatic rings. The Hall–Kier alpha value is -2.02. The quantitative estimate of drug-likeness (QED) is 0.837. The molecule has 112 valence electrons. The Morgan fingerprint density at radius 1 is 1.43 bits per heavy atom. The number of aromatic nitrogens is 5. The molecule has 2 aromatic heterocycles. The van der Waals surface area contributed by atoms with Gasteiger partial charge in [0.25, 0.3) is 0 Å². The third-order valence-electron chi connectivity index (χ3n) is 3.92. The highest BCUT2D eigenvalue weighted by Gasteiger charge is 2.19. The number of hydrogen-bond donors (Lipinski definition) is 1. The first-order valence-corrected chi connectivity index (χ1v) is 7.29. The van der Waals surface area contributed by atoms with Crippen LogP contribution < -0.4 is 5.32 Å². The van der Waals surface area contributed by atoms with E-state index >= 15 is 0 Å². The number of nitrogens with zero attached hydrogens (tertiary/aromatic N) is 5. The van der Waals surface area contributed by atoms with Gasteiger partial charge < -0.3 is 5.32 Å². The average molecular weight is 288 g/mol. The van der Waals surface area contributed by atoms with Crippen molar-refractivity contribution in [3.8, 4) is 0 Å². The smallest absolute Gasteiger partial charge is 0.190 e. The van der Waals surface area contributed by atoms with Crippen LogP contribution in [0.2, 0.25) is 0 Å². The molecule has 0 aromatic carbocycles. The van der Waals surface area contributed by atoms with Crippen molar-refractivity contribution in [2.45, 2.75) is 32.2 Å². The first-order valence-electron chi connectivity index (χ1n) is 7.29. The minimum atomic E-state index is -0.0156. The molecule has 3 rings (SSSR count). The highest BCUT2D eigenvalue weighted by atomic mass is 16.1. The Labute approximate surface area is 123 Å². The molecular weight excluding hydrogens is 268 g/mol. The van der Waals surface area contributed by atoms with Crippen molar-refractivity contribution in [1.82, 2.24) is 30.1 Å². The number of carbonyl (C=O) groups is 1. The molecule has 21 heavy (non-hydrogen) atoms. The normalized spacial score (nSPS) is 16.3. The van der Waals surface area contributed by atoms with E-state index in [1.54, 1.807) is 10.9 Å². The van der Waals surface area contributed by atoms with Gasteiger partial charge in [0.05, 0.1) is 24.4 Å². The zero-order valence-electron chi connectivity index (χ0n) is 12.4. The summed E-state index contributed by atoms with van der Waals surface area (Å²) in [5, 5.41) is 15.7. The fourth-order valence-corrected chi connectivity index (χ4v) is 2.74. The van der Waals surface area contributed by atoms with E-state index in [1.165, 1.54) is 0 Å². The van der Waals surface area contributed by atoms with Crippen LogP contribution in [0.5, 0.6) is 0 Å². The maximum atomic E-state index is 12.3. The second kappa shape index (κ2) is 5.77. The monoisotopic (exact) mass is 288 g/mol. The zero-order valence-corrected chi connectivity index (χ0v) is 12.4. The van der Waals surface area contributed by atoms with Crippen molar-refractivity contribution in [2.75, 3.05) is 13.1 Å². The van der Waals surface area contributed by atoms with Gasteiger partial charge in [-0.15, -0.1) is 5.10 Å². The Morgan fingerprint density at radius 3 is 2.86 bits per heavy atom. The molecule has 0 amide bonds. The summed E-state index contributed by atoms with van der Waals surface area (Å²) in [5.74, 6) is -0.0156. The summed E-state index contributed by atoms with van der Waals surface area (Å²) < 4.78 is 3.58. The molecule has 1 saturated heterocycles. The molecule has 7 nitrogen and oxygen atoms in total. The highest BCUT2D eigenvalue weighted by Crippen LogP contribution is 2.17. The fourth-order valence-electron chi connectivity index (χ4n) is 2.74. The molecule has 0 unspecified atom stereocenters. The number of Topliss-reactive ketones (excluding diaryl/α,β-unsaturated/α-hetero) is 1. The van der Waals surface area contributed by atoms with Crippen LogP contribution in [0.3, 0.4) is 0 Å². The molecule has 7 heteroatoms. The number of rotatable bonds is 4. The summed E-state index contributed by atoms with van der Waals surface area (Å²) in [6.45, 7) is 3.89. The van der Waals surface area contributed by atoms with Gasteiger partial charge in [0, 0.05) is 12.7 Å². The van der Waals surface area contributed by atoms with Gasteiger partial charge in [0.15, 0.2) is 5.78 Å². The number of piperidine rings is 1. The van der Waals surface area contributed by atoms with Crippen LogP contribution in [0.15, 0.2) is 12.3 Å². The van der Waals surface area contributed by atoms with Gasteiger partial charge in [0.1, 0.15) is 5.69 Å². The average Bonchev–Trinajstić information content (AvgIpc) is 3.07. The lowest BCUT2D eigenvalue weighted by Gasteiger charge is -2.22. The zero-order chi connectivity index (χ0) is 14.8. The molecular formula is C14H20N6O. The molecule has 1 aliphatic rings. The van der Waals surface area contributed by atoms with E-state index in [1.807, 2.05) is 24.7 Å². The number of carbonyl (C=O) groups excluding carboxylic acids is 1. The van der Waals surface area contributed by atoms with Gasteiger partial charge in [-0.3, -0.25) is 9.48 Å². The second-order valence-corrected chi connectivity index (χ2v) is 5.57. The lowest BCUT2D eigenvalue weighted by atomic mass is 10.1. The highest BCUT2D eigenvalue weighted by molar-refractivity contribution is 5.95. The minimum absolute atomic E-state index is 0.0156. The van der Waals surface area contributed by atoms with Gasteiger partial charge in [0.2, 0.25) is 0 Å². The lowest BCUT2D eigenvalue weighted by Crippen LogP contribution is -2.29. The van der Waals surface area contributed by atoms with Crippen LogP contribution in [0.25, 0.3) is 0 Å². The molecule has 1 fully saturated rings. The first-order chi connectivity index (χ1) is 10.1. The van der Waals surface area contributed by atoms with Crippen molar-refractivity contribution in [3.63, 3.8) is 0 Å². The van der Waals surface area contributed by atoms with Crippen LogP contribution in [0.1, 0.15) is 40.8 Å². The van der Waals surface area contributed by atoms with E-state index in [4.69, 9.17) is 0 Å². The molecule has 0 radical (unpaired) electrons. The summed E-state index contributed by atoms with van der Waals surface area (Å²) in [6.07, 6.45) is 4.14. The van der Waals surface area contributed by atoms with Crippen molar-refractivity contribution in [3.05, 3.63) is 29.3 Å². The Kier molecular flexibility index (Phi) is 3.83. The molecule has 1 N–H and O–H groups in total. The van der Waals surface area contributed by atoms with Gasteiger partial charge in [-0.05, 0) is 38.9 Å². The molecule has 3 heterocycles. The van der Waals surface area contributed by atoms with Gasteiger partial charge in [-0.25, -0.2) is 4.68 Å². The molecule has 0 bridgehead atoms. The van der Waals surface area contributed by atoms with E-state index in [-0.39, 0.29) is 5.78 Å². The second-order valence-electron chi connectivity index (χ2n) is 5.57. The first kappa shape index (κ1) is 13.9. The molecule has 0 atom stereocenters. The molecule has 1 aliphatic heterocycles. The number of nitrogens with one attached hydrogen (secondary N) is 1. The van der Waals surface area contributed by atoms with E-state index in [0.29, 0.717) is 18.2 Å². The summed E-state index contributed by atoms with van der Waals surface area (Å²) >= 11 is 0. The minimum Gasteiger partial charge on any atom is -0.317 e. The lowest BCUT2D eigenvalue weighted by molar-refractivity contribution is 0.0986. The van der Waals surface area contributed by atoms with E-state index < -0.39 is 0 Å². The predicted octanol–water partition coefficient (Wildman–Crippen LogP) is 0.670. The van der Waals surface area contributed by atoms with Gasteiger partial charge >= 0.3 is 0 Å².